The molecule has 7 heteroatoms. The summed E-state index contributed by atoms with van der Waals surface area (Å²) in [5.41, 5.74) is 1.45. The third-order valence-corrected chi connectivity index (χ3v) is 5.92. The van der Waals surface area contributed by atoms with Crippen molar-refractivity contribution in [1.82, 2.24) is 5.16 Å². The number of rotatable bonds is 4. The summed E-state index contributed by atoms with van der Waals surface area (Å²) in [6.07, 6.45) is 1.53. The predicted molar refractivity (Wildman–Crippen MR) is 86.5 cm³/mol. The number of benzene rings is 1. The van der Waals surface area contributed by atoms with Gasteiger partial charge in [-0.05, 0) is 31.5 Å². The largest absolute Gasteiger partial charge is 0.355 e. The van der Waals surface area contributed by atoms with E-state index in [1.807, 2.05) is 19.1 Å². The van der Waals surface area contributed by atoms with Crippen LogP contribution < -0.4 is 4.72 Å². The van der Waals surface area contributed by atoms with Crippen LogP contribution in [0.15, 0.2) is 52.0 Å². The van der Waals surface area contributed by atoms with Gasteiger partial charge < -0.3 is 4.52 Å². The van der Waals surface area contributed by atoms with Crippen LogP contribution in [0.3, 0.4) is 0 Å². The molecular formula is C15H14N2O3S2. The Hall–Kier alpha value is -2.12. The lowest BCUT2D eigenvalue weighted by atomic mass is 10.2. The van der Waals surface area contributed by atoms with Crippen LogP contribution in [0.5, 0.6) is 0 Å². The molecule has 0 saturated heterocycles. The van der Waals surface area contributed by atoms with E-state index in [1.54, 1.807) is 31.2 Å². The van der Waals surface area contributed by atoms with Crippen LogP contribution in [0.4, 0.5) is 5.69 Å². The van der Waals surface area contributed by atoms with Crippen LogP contribution in [0.1, 0.15) is 10.4 Å². The second-order valence-corrected chi connectivity index (χ2v) is 7.74. The number of hydrogen-bond acceptors (Lipinski definition) is 5. The Morgan fingerprint density at radius 2 is 1.95 bits per heavy atom. The molecule has 0 fully saturated rings. The minimum absolute atomic E-state index is 0.257. The average Bonchev–Trinajstić information content (AvgIpc) is 3.10. The lowest BCUT2D eigenvalue weighted by molar-refractivity contribution is 0.433. The maximum absolute atomic E-state index is 12.6. The van der Waals surface area contributed by atoms with Crippen LogP contribution >= 0.6 is 11.3 Å². The molecule has 0 spiro atoms. The van der Waals surface area contributed by atoms with E-state index in [1.165, 1.54) is 17.5 Å². The van der Waals surface area contributed by atoms with E-state index in [0.29, 0.717) is 16.3 Å². The van der Waals surface area contributed by atoms with Crippen molar-refractivity contribution in [1.29, 1.82) is 0 Å². The second kappa shape index (κ2) is 5.58. The molecule has 22 heavy (non-hydrogen) atoms. The highest BCUT2D eigenvalue weighted by molar-refractivity contribution is 7.93. The topological polar surface area (TPSA) is 72.2 Å². The Morgan fingerprint density at radius 1 is 1.18 bits per heavy atom. The zero-order valence-electron chi connectivity index (χ0n) is 12.0. The summed E-state index contributed by atoms with van der Waals surface area (Å²) in [7, 11) is -3.64. The monoisotopic (exact) mass is 334 g/mol. The molecule has 0 aliphatic carbocycles. The van der Waals surface area contributed by atoms with E-state index < -0.39 is 10.0 Å². The molecule has 2 aromatic heterocycles. The second-order valence-electron chi connectivity index (χ2n) is 4.83. The van der Waals surface area contributed by atoms with Gasteiger partial charge in [-0.1, -0.05) is 23.4 Å². The van der Waals surface area contributed by atoms with Gasteiger partial charge in [0.1, 0.15) is 4.90 Å². The molecule has 0 saturated carbocycles. The number of sulfonamides is 1. The van der Waals surface area contributed by atoms with Crippen molar-refractivity contribution in [3.63, 3.8) is 0 Å². The van der Waals surface area contributed by atoms with Crippen molar-refractivity contribution in [2.45, 2.75) is 18.7 Å². The predicted octanol–water partition coefficient (Wildman–Crippen LogP) is 3.82. The first kappa shape index (κ1) is 14.8. The fraction of sp³-hybridized carbons (Fsp3) is 0.133. The number of para-hydroxylation sites is 1. The summed E-state index contributed by atoms with van der Waals surface area (Å²) >= 11 is 1.36. The van der Waals surface area contributed by atoms with Gasteiger partial charge >= 0.3 is 0 Å². The Labute approximate surface area is 132 Å². The first-order valence-electron chi connectivity index (χ1n) is 6.57. The molecule has 0 radical (unpaired) electrons. The summed E-state index contributed by atoms with van der Waals surface area (Å²) in [5.74, 6) is 0.561. The van der Waals surface area contributed by atoms with Gasteiger partial charge in [0, 0.05) is 10.9 Å². The lowest BCUT2D eigenvalue weighted by Crippen LogP contribution is -2.13. The maximum atomic E-state index is 12.6. The minimum atomic E-state index is -3.64. The van der Waals surface area contributed by atoms with Crippen LogP contribution in [0, 0.1) is 13.8 Å². The molecule has 0 unspecified atom stereocenters. The van der Waals surface area contributed by atoms with Crippen molar-refractivity contribution in [2.24, 2.45) is 0 Å². The highest BCUT2D eigenvalue weighted by Crippen LogP contribution is 2.34. The van der Waals surface area contributed by atoms with Gasteiger partial charge in [0.15, 0.2) is 5.76 Å². The number of aromatic nitrogens is 1. The first-order chi connectivity index (χ1) is 10.5. The summed E-state index contributed by atoms with van der Waals surface area (Å²) in [4.78, 5) is 1.69. The Kier molecular flexibility index (Phi) is 3.76. The SMILES string of the molecule is Cc1ccccc1NS(=O)(=O)c1cc(-c2ccno2)sc1C. The molecule has 5 nitrogen and oxygen atoms in total. The quantitative estimate of drug-likeness (QED) is 0.787. The van der Waals surface area contributed by atoms with Gasteiger partial charge in [-0.25, -0.2) is 8.42 Å². The summed E-state index contributed by atoms with van der Waals surface area (Å²) < 4.78 is 32.9. The van der Waals surface area contributed by atoms with Crippen molar-refractivity contribution in [3.05, 3.63) is 53.0 Å². The summed E-state index contributed by atoms with van der Waals surface area (Å²) in [6, 6.07) is 10.6. The number of hydrogen-bond donors (Lipinski definition) is 1. The molecule has 114 valence electrons. The molecule has 1 aromatic carbocycles. The molecule has 0 aliphatic rings. The van der Waals surface area contributed by atoms with Gasteiger partial charge in [0.25, 0.3) is 10.0 Å². The Bertz CT molecular complexity index is 897. The van der Waals surface area contributed by atoms with E-state index in [-0.39, 0.29) is 4.90 Å². The van der Waals surface area contributed by atoms with E-state index in [2.05, 4.69) is 9.88 Å². The van der Waals surface area contributed by atoms with Gasteiger partial charge in [0.2, 0.25) is 0 Å². The summed E-state index contributed by atoms with van der Waals surface area (Å²) in [5, 5.41) is 3.65. The zero-order valence-corrected chi connectivity index (χ0v) is 13.7. The number of nitrogens with zero attached hydrogens (tertiary/aromatic N) is 1. The van der Waals surface area contributed by atoms with Gasteiger partial charge in [-0.3, -0.25) is 4.72 Å². The third-order valence-electron chi connectivity index (χ3n) is 3.23. The number of thiophene rings is 1. The zero-order chi connectivity index (χ0) is 15.7. The third kappa shape index (κ3) is 2.77. The number of nitrogens with one attached hydrogen (secondary N) is 1. The fourth-order valence-corrected chi connectivity index (χ4v) is 4.76. The molecule has 3 rings (SSSR count). The molecule has 0 aliphatic heterocycles. The van der Waals surface area contributed by atoms with Crippen molar-refractivity contribution < 1.29 is 12.9 Å². The van der Waals surface area contributed by atoms with E-state index in [0.717, 1.165) is 10.4 Å². The van der Waals surface area contributed by atoms with Gasteiger partial charge in [-0.15, -0.1) is 11.3 Å². The maximum Gasteiger partial charge on any atom is 0.263 e. The lowest BCUT2D eigenvalue weighted by Gasteiger charge is -2.09. The Morgan fingerprint density at radius 3 is 2.64 bits per heavy atom. The highest BCUT2D eigenvalue weighted by Gasteiger charge is 2.22. The standard InChI is InChI=1S/C15H14N2O3S2/c1-10-5-3-4-6-12(10)17-22(18,19)15-9-14(21-11(15)2)13-7-8-16-20-13/h3-9,17H,1-2H3. The first-order valence-corrected chi connectivity index (χ1v) is 8.87. The molecule has 3 aromatic rings. The molecule has 2 heterocycles. The van der Waals surface area contributed by atoms with Crippen molar-refractivity contribution >= 4 is 27.0 Å². The van der Waals surface area contributed by atoms with Gasteiger partial charge in [-0.2, -0.15) is 0 Å². The van der Waals surface area contributed by atoms with E-state index in [9.17, 15) is 8.42 Å². The molecular weight excluding hydrogens is 320 g/mol. The molecule has 0 atom stereocenters. The van der Waals surface area contributed by atoms with Crippen LogP contribution in [-0.2, 0) is 10.0 Å². The van der Waals surface area contributed by atoms with Crippen LogP contribution in [0.2, 0.25) is 0 Å². The average molecular weight is 334 g/mol. The normalized spacial score (nSPS) is 11.5. The Balaban J connectivity index is 1.98. The number of aryl methyl sites for hydroxylation is 2. The van der Waals surface area contributed by atoms with Gasteiger partial charge in [0.05, 0.1) is 16.8 Å². The van der Waals surface area contributed by atoms with E-state index >= 15 is 0 Å². The molecule has 0 bridgehead atoms. The highest BCUT2D eigenvalue weighted by atomic mass is 32.2. The van der Waals surface area contributed by atoms with E-state index in [4.69, 9.17) is 4.52 Å². The smallest absolute Gasteiger partial charge is 0.263 e. The summed E-state index contributed by atoms with van der Waals surface area (Å²) in [6.45, 7) is 3.63. The number of anilines is 1. The van der Waals surface area contributed by atoms with Crippen molar-refractivity contribution in [3.8, 4) is 10.6 Å². The fourth-order valence-electron chi connectivity index (χ4n) is 2.08. The van der Waals surface area contributed by atoms with Crippen LogP contribution in [0.25, 0.3) is 10.6 Å². The molecule has 1 N–H and O–H groups in total. The van der Waals surface area contributed by atoms with Crippen molar-refractivity contribution in [2.75, 3.05) is 4.72 Å². The molecule has 0 amide bonds. The minimum Gasteiger partial charge on any atom is -0.355 e. The van der Waals surface area contributed by atoms with Crippen LogP contribution in [-0.4, -0.2) is 13.6 Å².